The first-order chi connectivity index (χ1) is 9.20. The van der Waals surface area contributed by atoms with Crippen LogP contribution in [-0.4, -0.2) is 49.1 Å². The van der Waals surface area contributed by atoms with Crippen molar-refractivity contribution < 1.29 is 0 Å². The van der Waals surface area contributed by atoms with E-state index in [1.165, 1.54) is 29.4 Å². The number of likely N-dealkylation sites (tertiary alicyclic amines) is 1. The minimum Gasteiger partial charge on any atom is -0.329 e. The second-order valence-electron chi connectivity index (χ2n) is 5.39. The number of nitrogens with two attached hydrogens (primary N) is 1. The third-order valence-corrected chi connectivity index (χ3v) is 4.71. The molecule has 1 heterocycles. The molecular weight excluding hydrogens is 302 g/mol. The number of benzene rings is 1. The van der Waals surface area contributed by atoms with Gasteiger partial charge < -0.3 is 10.6 Å². The third kappa shape index (κ3) is 4.28. The minimum atomic E-state index is 0.653. The third-order valence-electron chi connectivity index (χ3n) is 3.94. The van der Waals surface area contributed by atoms with E-state index in [1.807, 2.05) is 0 Å². The molecule has 1 saturated heterocycles. The summed E-state index contributed by atoms with van der Waals surface area (Å²) in [4.78, 5) is 4.97. The highest BCUT2D eigenvalue weighted by Gasteiger charge is 2.23. The zero-order valence-corrected chi connectivity index (χ0v) is 13.3. The Labute approximate surface area is 124 Å². The Kier molecular flexibility index (Phi) is 5.82. The zero-order chi connectivity index (χ0) is 13.7. The molecule has 1 unspecified atom stereocenters. The largest absolute Gasteiger partial charge is 0.329 e. The fraction of sp³-hybridized carbons (Fsp3) is 0.600. The zero-order valence-electron chi connectivity index (χ0n) is 11.7. The highest BCUT2D eigenvalue weighted by atomic mass is 79.9. The standard InChI is InChI=1S/C15H24BrN3/c1-18(10-8-17)14-6-4-9-19(12-14)11-13-5-2-3-7-15(13)16/h2-3,5,7,14H,4,6,8-12,17H2,1H3. The monoisotopic (exact) mass is 325 g/mol. The van der Waals surface area contributed by atoms with Gasteiger partial charge in [0.05, 0.1) is 0 Å². The van der Waals surface area contributed by atoms with Crippen molar-refractivity contribution in [1.82, 2.24) is 9.80 Å². The van der Waals surface area contributed by atoms with Crippen LogP contribution in [0.5, 0.6) is 0 Å². The summed E-state index contributed by atoms with van der Waals surface area (Å²) in [5, 5.41) is 0. The Balaban J connectivity index is 1.92. The van der Waals surface area contributed by atoms with Crippen molar-refractivity contribution in [1.29, 1.82) is 0 Å². The van der Waals surface area contributed by atoms with Gasteiger partial charge >= 0.3 is 0 Å². The van der Waals surface area contributed by atoms with Gasteiger partial charge in [-0.1, -0.05) is 34.1 Å². The molecule has 0 aromatic heterocycles. The van der Waals surface area contributed by atoms with Crippen molar-refractivity contribution in [3.8, 4) is 0 Å². The van der Waals surface area contributed by atoms with Crippen LogP contribution in [0.4, 0.5) is 0 Å². The predicted octanol–water partition coefficient (Wildman–Crippen LogP) is 2.30. The summed E-state index contributed by atoms with van der Waals surface area (Å²) in [6.07, 6.45) is 2.58. The van der Waals surface area contributed by atoms with Crippen LogP contribution >= 0.6 is 15.9 Å². The lowest BCUT2D eigenvalue weighted by Crippen LogP contribution is -2.47. The second-order valence-corrected chi connectivity index (χ2v) is 6.25. The van der Waals surface area contributed by atoms with Gasteiger partial charge in [0, 0.05) is 36.7 Å². The van der Waals surface area contributed by atoms with Gasteiger partial charge in [-0.15, -0.1) is 0 Å². The van der Waals surface area contributed by atoms with Crippen LogP contribution in [0.25, 0.3) is 0 Å². The van der Waals surface area contributed by atoms with Crippen LogP contribution in [0, 0.1) is 0 Å². The molecule has 0 amide bonds. The molecule has 1 aliphatic heterocycles. The highest BCUT2D eigenvalue weighted by Crippen LogP contribution is 2.21. The topological polar surface area (TPSA) is 32.5 Å². The van der Waals surface area contributed by atoms with Gasteiger partial charge in [0.1, 0.15) is 0 Å². The van der Waals surface area contributed by atoms with Gasteiger partial charge in [0.25, 0.3) is 0 Å². The Hall–Kier alpha value is -0.420. The molecule has 3 nitrogen and oxygen atoms in total. The van der Waals surface area contributed by atoms with E-state index in [9.17, 15) is 0 Å². The number of rotatable bonds is 5. The van der Waals surface area contributed by atoms with Gasteiger partial charge in [-0.05, 0) is 38.1 Å². The molecule has 0 saturated carbocycles. The number of nitrogens with zero attached hydrogens (tertiary/aromatic N) is 2. The van der Waals surface area contributed by atoms with Crippen LogP contribution in [0.15, 0.2) is 28.7 Å². The molecule has 1 aliphatic rings. The molecule has 1 fully saturated rings. The minimum absolute atomic E-state index is 0.653. The maximum absolute atomic E-state index is 5.65. The molecule has 1 aromatic carbocycles. The Bertz CT molecular complexity index is 397. The molecule has 106 valence electrons. The van der Waals surface area contributed by atoms with Crippen molar-refractivity contribution in [2.24, 2.45) is 5.73 Å². The maximum Gasteiger partial charge on any atom is 0.0245 e. The van der Waals surface area contributed by atoms with Crippen LogP contribution < -0.4 is 5.73 Å². The number of halogens is 1. The normalized spacial score (nSPS) is 20.9. The van der Waals surface area contributed by atoms with E-state index in [-0.39, 0.29) is 0 Å². The molecule has 0 bridgehead atoms. The molecule has 4 heteroatoms. The van der Waals surface area contributed by atoms with E-state index >= 15 is 0 Å². The van der Waals surface area contributed by atoms with E-state index < -0.39 is 0 Å². The lowest BCUT2D eigenvalue weighted by molar-refractivity contribution is 0.113. The van der Waals surface area contributed by atoms with E-state index in [1.54, 1.807) is 0 Å². The average Bonchev–Trinajstić information content (AvgIpc) is 2.42. The summed E-state index contributed by atoms with van der Waals surface area (Å²) < 4.78 is 1.22. The molecule has 2 N–H and O–H groups in total. The van der Waals surface area contributed by atoms with Crippen LogP contribution in [0.3, 0.4) is 0 Å². The molecule has 0 spiro atoms. The first kappa shape index (κ1) is 15.0. The molecular formula is C15H24BrN3. The van der Waals surface area contributed by atoms with Crippen LogP contribution in [0.1, 0.15) is 18.4 Å². The van der Waals surface area contributed by atoms with Gasteiger partial charge in [-0.25, -0.2) is 0 Å². The first-order valence-electron chi connectivity index (χ1n) is 7.06. The quantitative estimate of drug-likeness (QED) is 0.901. The SMILES string of the molecule is CN(CCN)C1CCCN(Cc2ccccc2Br)C1. The Morgan fingerprint density at radius 1 is 1.42 bits per heavy atom. The molecule has 1 aromatic rings. The lowest BCUT2D eigenvalue weighted by Gasteiger charge is -2.37. The number of hydrogen-bond acceptors (Lipinski definition) is 3. The van der Waals surface area contributed by atoms with E-state index in [0.717, 1.165) is 26.2 Å². The van der Waals surface area contributed by atoms with E-state index in [0.29, 0.717) is 6.04 Å². The van der Waals surface area contributed by atoms with Crippen molar-refractivity contribution in [3.63, 3.8) is 0 Å². The van der Waals surface area contributed by atoms with Crippen molar-refractivity contribution >= 4 is 15.9 Å². The number of likely N-dealkylation sites (N-methyl/N-ethyl adjacent to an activating group) is 1. The van der Waals surface area contributed by atoms with E-state index in [4.69, 9.17) is 5.73 Å². The van der Waals surface area contributed by atoms with Crippen LogP contribution in [-0.2, 0) is 6.54 Å². The maximum atomic E-state index is 5.65. The fourth-order valence-electron chi connectivity index (χ4n) is 2.79. The molecule has 0 radical (unpaired) electrons. The summed E-state index contributed by atoms with van der Waals surface area (Å²) in [6.45, 7) is 5.13. The number of hydrogen-bond donors (Lipinski definition) is 1. The molecule has 1 atom stereocenters. The van der Waals surface area contributed by atoms with E-state index in [2.05, 4.69) is 57.0 Å². The second kappa shape index (κ2) is 7.39. The van der Waals surface area contributed by atoms with Gasteiger partial charge in [0.2, 0.25) is 0 Å². The Morgan fingerprint density at radius 3 is 2.95 bits per heavy atom. The average molecular weight is 326 g/mol. The summed E-state index contributed by atoms with van der Waals surface area (Å²) in [7, 11) is 2.19. The first-order valence-corrected chi connectivity index (χ1v) is 7.86. The molecule has 0 aliphatic carbocycles. The Morgan fingerprint density at radius 2 is 2.21 bits per heavy atom. The van der Waals surface area contributed by atoms with Crippen molar-refractivity contribution in [3.05, 3.63) is 34.3 Å². The fourth-order valence-corrected chi connectivity index (χ4v) is 3.20. The highest BCUT2D eigenvalue weighted by molar-refractivity contribution is 9.10. The summed E-state index contributed by atoms with van der Waals surface area (Å²) in [6, 6.07) is 9.16. The summed E-state index contributed by atoms with van der Waals surface area (Å²) in [5.41, 5.74) is 7.03. The molecule has 19 heavy (non-hydrogen) atoms. The van der Waals surface area contributed by atoms with Crippen LogP contribution in [0.2, 0.25) is 0 Å². The number of piperidine rings is 1. The van der Waals surface area contributed by atoms with Gasteiger partial charge in [0.15, 0.2) is 0 Å². The summed E-state index contributed by atoms with van der Waals surface area (Å²) in [5.74, 6) is 0. The van der Waals surface area contributed by atoms with Gasteiger partial charge in [-0.2, -0.15) is 0 Å². The predicted molar refractivity (Wildman–Crippen MR) is 84.1 cm³/mol. The lowest BCUT2D eigenvalue weighted by atomic mass is 10.0. The van der Waals surface area contributed by atoms with Crippen molar-refractivity contribution in [2.75, 3.05) is 33.2 Å². The molecule has 2 rings (SSSR count). The summed E-state index contributed by atoms with van der Waals surface area (Å²) >= 11 is 3.64. The van der Waals surface area contributed by atoms with Gasteiger partial charge in [-0.3, -0.25) is 4.90 Å². The van der Waals surface area contributed by atoms with Crippen molar-refractivity contribution in [2.45, 2.75) is 25.4 Å². The smallest absolute Gasteiger partial charge is 0.0245 e.